The first kappa shape index (κ1) is 7.32. The lowest BCUT2D eigenvalue weighted by molar-refractivity contribution is 0.504. The molecule has 0 aromatic carbocycles. The average molecular weight is 138 g/mol. The van der Waals surface area contributed by atoms with E-state index in [0.29, 0.717) is 5.92 Å². The minimum Gasteiger partial charge on any atom is -0.402 e. The number of nitrogens with two attached hydrogens (primary N) is 1. The van der Waals surface area contributed by atoms with Crippen molar-refractivity contribution in [2.24, 2.45) is 11.7 Å². The van der Waals surface area contributed by atoms with Gasteiger partial charge in [-0.3, -0.25) is 0 Å². The second-order valence-corrected chi connectivity index (χ2v) is 3.04. The molecule has 1 rings (SSSR count). The van der Waals surface area contributed by atoms with Gasteiger partial charge in [-0.2, -0.15) is 0 Å². The zero-order valence-corrected chi connectivity index (χ0v) is 6.35. The van der Waals surface area contributed by atoms with Crippen LogP contribution in [0.4, 0.5) is 0 Å². The van der Waals surface area contributed by atoms with Crippen LogP contribution < -0.4 is 5.73 Å². The SMILES string of the molecule is CC1CCC(N)=C(C=N)C1. The molecular formula is C8H14N2. The van der Waals surface area contributed by atoms with E-state index in [9.17, 15) is 0 Å². The van der Waals surface area contributed by atoms with E-state index < -0.39 is 0 Å². The van der Waals surface area contributed by atoms with Gasteiger partial charge in [0, 0.05) is 11.9 Å². The summed E-state index contributed by atoms with van der Waals surface area (Å²) in [4.78, 5) is 0. The molecular weight excluding hydrogens is 124 g/mol. The van der Waals surface area contributed by atoms with Gasteiger partial charge in [-0.05, 0) is 30.8 Å². The predicted octanol–water partition coefficient (Wildman–Crippen LogP) is 1.67. The van der Waals surface area contributed by atoms with Gasteiger partial charge in [-0.15, -0.1) is 0 Å². The summed E-state index contributed by atoms with van der Waals surface area (Å²) in [7, 11) is 0. The number of rotatable bonds is 1. The van der Waals surface area contributed by atoms with Gasteiger partial charge < -0.3 is 11.1 Å². The Bertz CT molecular complexity index is 170. The highest BCUT2D eigenvalue weighted by Crippen LogP contribution is 2.24. The van der Waals surface area contributed by atoms with E-state index in [2.05, 4.69) is 6.92 Å². The molecule has 0 amide bonds. The second-order valence-electron chi connectivity index (χ2n) is 3.04. The summed E-state index contributed by atoms with van der Waals surface area (Å²) in [6.07, 6.45) is 4.55. The largest absolute Gasteiger partial charge is 0.402 e. The highest BCUT2D eigenvalue weighted by Gasteiger charge is 2.13. The number of nitrogens with one attached hydrogen (secondary N) is 1. The first-order chi connectivity index (χ1) is 4.74. The number of hydrogen-bond acceptors (Lipinski definition) is 2. The lowest BCUT2D eigenvalue weighted by atomic mass is 9.89. The van der Waals surface area contributed by atoms with E-state index in [-0.39, 0.29) is 0 Å². The highest BCUT2D eigenvalue weighted by molar-refractivity contribution is 5.77. The fourth-order valence-corrected chi connectivity index (χ4v) is 1.32. The van der Waals surface area contributed by atoms with Crippen molar-refractivity contribution >= 4 is 6.21 Å². The van der Waals surface area contributed by atoms with Gasteiger partial charge in [-0.1, -0.05) is 6.92 Å². The van der Waals surface area contributed by atoms with Gasteiger partial charge in [0.15, 0.2) is 0 Å². The monoisotopic (exact) mass is 138 g/mol. The molecule has 1 unspecified atom stereocenters. The zero-order valence-electron chi connectivity index (χ0n) is 6.35. The fourth-order valence-electron chi connectivity index (χ4n) is 1.32. The Morgan fingerprint density at radius 3 is 2.90 bits per heavy atom. The molecule has 0 aromatic heterocycles. The van der Waals surface area contributed by atoms with E-state index >= 15 is 0 Å². The Labute approximate surface area is 61.6 Å². The van der Waals surface area contributed by atoms with Crippen molar-refractivity contribution in [3.63, 3.8) is 0 Å². The molecule has 0 spiro atoms. The molecule has 0 saturated heterocycles. The fraction of sp³-hybridized carbons (Fsp3) is 0.625. The molecule has 3 N–H and O–H groups in total. The maximum Gasteiger partial charge on any atom is 0.0227 e. The third kappa shape index (κ3) is 1.38. The van der Waals surface area contributed by atoms with Crippen LogP contribution in [0.15, 0.2) is 11.3 Å². The summed E-state index contributed by atoms with van der Waals surface area (Å²) in [6.45, 7) is 2.20. The summed E-state index contributed by atoms with van der Waals surface area (Å²) in [5, 5.41) is 7.05. The summed E-state index contributed by atoms with van der Waals surface area (Å²) >= 11 is 0. The summed E-state index contributed by atoms with van der Waals surface area (Å²) in [5.41, 5.74) is 7.64. The molecule has 2 heteroatoms. The van der Waals surface area contributed by atoms with Crippen LogP contribution in [0, 0.1) is 11.3 Å². The minimum absolute atomic E-state index is 0.712. The predicted molar refractivity (Wildman–Crippen MR) is 43.0 cm³/mol. The molecule has 1 aliphatic carbocycles. The molecule has 0 heterocycles. The van der Waals surface area contributed by atoms with Gasteiger partial charge in [-0.25, -0.2) is 0 Å². The van der Waals surface area contributed by atoms with Crippen LogP contribution in [0.2, 0.25) is 0 Å². The van der Waals surface area contributed by atoms with Crippen LogP contribution in [0.3, 0.4) is 0 Å². The highest BCUT2D eigenvalue weighted by atomic mass is 14.6. The van der Waals surface area contributed by atoms with Gasteiger partial charge >= 0.3 is 0 Å². The molecule has 56 valence electrons. The molecule has 0 bridgehead atoms. The normalized spacial score (nSPS) is 26.7. The molecule has 10 heavy (non-hydrogen) atoms. The maximum atomic E-state index is 7.05. The third-order valence-corrected chi connectivity index (χ3v) is 2.06. The third-order valence-electron chi connectivity index (χ3n) is 2.06. The van der Waals surface area contributed by atoms with E-state index in [4.69, 9.17) is 11.1 Å². The lowest BCUT2D eigenvalue weighted by Crippen LogP contribution is -2.13. The van der Waals surface area contributed by atoms with Crippen molar-refractivity contribution in [3.8, 4) is 0 Å². The van der Waals surface area contributed by atoms with Crippen molar-refractivity contribution in [3.05, 3.63) is 11.3 Å². The van der Waals surface area contributed by atoms with Crippen molar-refractivity contribution in [2.45, 2.75) is 26.2 Å². The Balaban J connectivity index is 2.71. The topological polar surface area (TPSA) is 49.9 Å². The van der Waals surface area contributed by atoms with E-state index in [1.54, 1.807) is 0 Å². The lowest BCUT2D eigenvalue weighted by Gasteiger charge is -2.19. The van der Waals surface area contributed by atoms with Crippen molar-refractivity contribution in [1.29, 1.82) is 5.41 Å². The van der Waals surface area contributed by atoms with Gasteiger partial charge in [0.2, 0.25) is 0 Å². The van der Waals surface area contributed by atoms with Crippen molar-refractivity contribution in [2.75, 3.05) is 0 Å². The summed E-state index contributed by atoms with van der Waals surface area (Å²) < 4.78 is 0. The van der Waals surface area contributed by atoms with E-state index in [0.717, 1.165) is 24.1 Å². The number of allylic oxidation sites excluding steroid dienone is 2. The Morgan fingerprint density at radius 1 is 1.70 bits per heavy atom. The molecule has 2 nitrogen and oxygen atoms in total. The molecule has 0 fully saturated rings. The van der Waals surface area contributed by atoms with E-state index in [1.165, 1.54) is 12.6 Å². The van der Waals surface area contributed by atoms with Crippen LogP contribution in [-0.2, 0) is 0 Å². The van der Waals surface area contributed by atoms with Crippen LogP contribution in [0.5, 0.6) is 0 Å². The van der Waals surface area contributed by atoms with Crippen molar-refractivity contribution in [1.82, 2.24) is 0 Å². The zero-order chi connectivity index (χ0) is 7.56. The summed E-state index contributed by atoms with van der Waals surface area (Å²) in [5.74, 6) is 0.712. The minimum atomic E-state index is 0.712. The number of hydrogen-bond donors (Lipinski definition) is 2. The Morgan fingerprint density at radius 2 is 2.40 bits per heavy atom. The molecule has 1 aliphatic rings. The Kier molecular flexibility index (Phi) is 2.10. The van der Waals surface area contributed by atoms with Crippen LogP contribution in [0.1, 0.15) is 26.2 Å². The van der Waals surface area contributed by atoms with Gasteiger partial charge in [0.1, 0.15) is 0 Å². The molecule has 0 aliphatic heterocycles. The molecule has 0 aromatic rings. The van der Waals surface area contributed by atoms with Crippen LogP contribution >= 0.6 is 0 Å². The quantitative estimate of drug-likeness (QED) is 0.532. The first-order valence-corrected chi connectivity index (χ1v) is 3.72. The standard InChI is InChI=1S/C8H14N2/c1-6-2-3-8(10)7(4-6)5-9/h5-6,9H,2-4,10H2,1H3. The van der Waals surface area contributed by atoms with Gasteiger partial charge in [0.05, 0.1) is 0 Å². The van der Waals surface area contributed by atoms with Gasteiger partial charge in [0.25, 0.3) is 0 Å². The first-order valence-electron chi connectivity index (χ1n) is 3.72. The van der Waals surface area contributed by atoms with Crippen LogP contribution in [-0.4, -0.2) is 6.21 Å². The average Bonchev–Trinajstić information content (AvgIpc) is 1.94. The van der Waals surface area contributed by atoms with E-state index in [1.807, 2.05) is 0 Å². The molecule has 0 saturated carbocycles. The van der Waals surface area contributed by atoms with Crippen LogP contribution in [0.25, 0.3) is 0 Å². The second kappa shape index (κ2) is 2.86. The summed E-state index contributed by atoms with van der Waals surface area (Å²) in [6, 6.07) is 0. The maximum absolute atomic E-state index is 7.05. The molecule has 1 atom stereocenters. The Hall–Kier alpha value is -0.790. The smallest absolute Gasteiger partial charge is 0.0227 e. The molecule has 0 radical (unpaired) electrons. The van der Waals surface area contributed by atoms with Crippen molar-refractivity contribution < 1.29 is 0 Å².